The van der Waals surface area contributed by atoms with Gasteiger partial charge in [0.1, 0.15) is 12.4 Å². The SMILES string of the molecule is CC(=O)Nc1ccc2c(c1)NC(=O)/C2=C/c1ccc(OCCN2CCOCC2)c(-c2cccs2)c1. The lowest BCUT2D eigenvalue weighted by molar-refractivity contribution is -0.114. The number of carbonyl (C=O) groups excluding carboxylic acids is 2. The van der Waals surface area contributed by atoms with E-state index in [-0.39, 0.29) is 11.8 Å². The van der Waals surface area contributed by atoms with E-state index in [1.807, 2.05) is 35.7 Å². The van der Waals surface area contributed by atoms with E-state index in [0.717, 1.165) is 60.2 Å². The summed E-state index contributed by atoms with van der Waals surface area (Å²) in [5.74, 6) is 0.515. The van der Waals surface area contributed by atoms with Crippen LogP contribution in [-0.4, -0.2) is 56.2 Å². The van der Waals surface area contributed by atoms with Crippen LogP contribution in [0.15, 0.2) is 53.9 Å². The maximum Gasteiger partial charge on any atom is 0.256 e. The molecule has 0 aliphatic carbocycles. The Bertz CT molecular complexity index is 1260. The van der Waals surface area contributed by atoms with Crippen LogP contribution in [0.2, 0.25) is 0 Å². The van der Waals surface area contributed by atoms with Crippen molar-refractivity contribution in [1.82, 2.24) is 4.90 Å². The number of nitrogens with zero attached hydrogens (tertiary/aromatic N) is 1. The normalized spacial score (nSPS) is 16.7. The van der Waals surface area contributed by atoms with Gasteiger partial charge in [-0.05, 0) is 47.4 Å². The Morgan fingerprint density at radius 3 is 2.80 bits per heavy atom. The number of nitrogens with one attached hydrogen (secondary N) is 2. The van der Waals surface area contributed by atoms with Crippen molar-refractivity contribution in [3.63, 3.8) is 0 Å². The molecule has 180 valence electrons. The van der Waals surface area contributed by atoms with Crippen LogP contribution in [0, 0.1) is 0 Å². The lowest BCUT2D eigenvalue weighted by atomic mass is 10.0. The Hall–Kier alpha value is -3.46. The highest BCUT2D eigenvalue weighted by molar-refractivity contribution is 7.13. The smallest absolute Gasteiger partial charge is 0.256 e. The first-order valence-corrected chi connectivity index (χ1v) is 12.5. The third kappa shape index (κ3) is 5.45. The number of amides is 2. The maximum atomic E-state index is 12.7. The van der Waals surface area contributed by atoms with Crippen LogP contribution in [0.5, 0.6) is 5.75 Å². The second-order valence-corrected chi connectivity index (χ2v) is 9.44. The molecule has 2 amide bonds. The second-order valence-electron chi connectivity index (χ2n) is 8.49. The van der Waals surface area contributed by atoms with E-state index in [4.69, 9.17) is 9.47 Å². The van der Waals surface area contributed by atoms with Crippen LogP contribution < -0.4 is 15.4 Å². The molecule has 1 fully saturated rings. The molecule has 1 aromatic heterocycles. The van der Waals surface area contributed by atoms with Gasteiger partial charge in [0.05, 0.1) is 18.9 Å². The van der Waals surface area contributed by atoms with Crippen LogP contribution in [-0.2, 0) is 14.3 Å². The number of fused-ring (bicyclic) bond motifs is 1. The standard InChI is InChI=1S/C27H27N3O4S/c1-18(31)28-20-5-6-21-22(27(32)29-24(21)17-20)15-19-4-7-25(23(16-19)26-3-2-14-35-26)34-13-10-30-8-11-33-12-9-30/h2-7,14-17H,8-13H2,1H3,(H,28,31)(H,29,32)/b22-15+. The molecule has 0 bridgehead atoms. The van der Waals surface area contributed by atoms with Gasteiger partial charge in [-0.3, -0.25) is 14.5 Å². The van der Waals surface area contributed by atoms with Gasteiger partial charge in [-0.25, -0.2) is 0 Å². The number of morpholine rings is 1. The van der Waals surface area contributed by atoms with Crippen molar-refractivity contribution in [2.75, 3.05) is 50.1 Å². The minimum Gasteiger partial charge on any atom is -0.492 e. The molecule has 3 aromatic rings. The third-order valence-corrected chi connectivity index (χ3v) is 6.90. The van der Waals surface area contributed by atoms with Crippen LogP contribution in [0.1, 0.15) is 18.1 Å². The number of hydrogen-bond donors (Lipinski definition) is 2. The molecule has 2 aliphatic heterocycles. The highest BCUT2D eigenvalue weighted by Crippen LogP contribution is 2.38. The molecular formula is C27H27N3O4S. The summed E-state index contributed by atoms with van der Waals surface area (Å²) in [5.41, 5.74) is 4.67. The summed E-state index contributed by atoms with van der Waals surface area (Å²) in [6, 6.07) is 15.6. The first-order chi connectivity index (χ1) is 17.1. The minimum absolute atomic E-state index is 0.154. The quantitative estimate of drug-likeness (QED) is 0.475. The zero-order valence-corrected chi connectivity index (χ0v) is 20.3. The van der Waals surface area contributed by atoms with Crippen molar-refractivity contribution in [2.24, 2.45) is 0 Å². The molecule has 2 aliphatic rings. The Labute approximate surface area is 208 Å². The fourth-order valence-corrected chi connectivity index (χ4v) is 5.03. The summed E-state index contributed by atoms with van der Waals surface area (Å²) in [6.45, 7) is 6.33. The molecule has 1 saturated heterocycles. The van der Waals surface area contributed by atoms with E-state index in [2.05, 4.69) is 27.7 Å². The first kappa shape index (κ1) is 23.3. The van der Waals surface area contributed by atoms with Gasteiger partial charge in [0.25, 0.3) is 5.91 Å². The van der Waals surface area contributed by atoms with Gasteiger partial charge in [0.15, 0.2) is 0 Å². The van der Waals surface area contributed by atoms with Crippen molar-refractivity contribution in [1.29, 1.82) is 0 Å². The molecule has 0 atom stereocenters. The van der Waals surface area contributed by atoms with Gasteiger partial charge < -0.3 is 20.1 Å². The third-order valence-electron chi connectivity index (χ3n) is 5.99. The Morgan fingerprint density at radius 2 is 2.03 bits per heavy atom. The Morgan fingerprint density at radius 1 is 1.17 bits per heavy atom. The molecule has 3 heterocycles. The van der Waals surface area contributed by atoms with Crippen molar-refractivity contribution in [2.45, 2.75) is 6.92 Å². The van der Waals surface area contributed by atoms with E-state index in [0.29, 0.717) is 23.6 Å². The number of hydrogen-bond acceptors (Lipinski definition) is 6. The molecule has 8 heteroatoms. The van der Waals surface area contributed by atoms with Gasteiger partial charge in [0, 0.05) is 53.8 Å². The molecule has 0 radical (unpaired) electrons. The Kier molecular flexibility index (Phi) is 6.94. The zero-order valence-electron chi connectivity index (χ0n) is 19.5. The van der Waals surface area contributed by atoms with E-state index in [9.17, 15) is 9.59 Å². The monoisotopic (exact) mass is 489 g/mol. The molecule has 0 spiro atoms. The van der Waals surface area contributed by atoms with Crippen molar-refractivity contribution < 1.29 is 19.1 Å². The summed E-state index contributed by atoms with van der Waals surface area (Å²) in [7, 11) is 0. The van der Waals surface area contributed by atoms with Crippen molar-refractivity contribution >= 4 is 46.2 Å². The van der Waals surface area contributed by atoms with Gasteiger partial charge >= 0.3 is 0 Å². The molecular weight excluding hydrogens is 462 g/mol. The van der Waals surface area contributed by atoms with Crippen LogP contribution in [0.25, 0.3) is 22.1 Å². The fraction of sp³-hybridized carbons (Fsp3) is 0.259. The minimum atomic E-state index is -0.163. The molecule has 2 N–H and O–H groups in total. The first-order valence-electron chi connectivity index (χ1n) is 11.6. The fourth-order valence-electron chi connectivity index (χ4n) is 4.28. The Balaban J connectivity index is 1.39. The number of benzene rings is 2. The summed E-state index contributed by atoms with van der Waals surface area (Å²) in [6.07, 6.45) is 1.90. The number of carbonyl (C=O) groups is 2. The number of thiophene rings is 1. The van der Waals surface area contributed by atoms with Crippen LogP contribution in [0.4, 0.5) is 11.4 Å². The lowest BCUT2D eigenvalue weighted by Gasteiger charge is -2.26. The molecule has 2 aromatic carbocycles. The second kappa shape index (κ2) is 10.4. The average molecular weight is 490 g/mol. The zero-order chi connectivity index (χ0) is 24.2. The highest BCUT2D eigenvalue weighted by Gasteiger charge is 2.24. The van der Waals surface area contributed by atoms with E-state index in [1.165, 1.54) is 6.92 Å². The molecule has 0 saturated carbocycles. The predicted octanol–water partition coefficient (Wildman–Crippen LogP) is 4.58. The van der Waals surface area contributed by atoms with E-state index < -0.39 is 0 Å². The number of ether oxygens (including phenoxy) is 2. The predicted molar refractivity (Wildman–Crippen MR) is 140 cm³/mol. The van der Waals surface area contributed by atoms with Gasteiger partial charge in [-0.2, -0.15) is 0 Å². The molecule has 0 unspecified atom stereocenters. The molecule has 7 nitrogen and oxygen atoms in total. The summed E-state index contributed by atoms with van der Waals surface area (Å²) in [4.78, 5) is 27.6. The van der Waals surface area contributed by atoms with Crippen LogP contribution in [0.3, 0.4) is 0 Å². The van der Waals surface area contributed by atoms with Crippen molar-refractivity contribution in [3.8, 4) is 16.2 Å². The van der Waals surface area contributed by atoms with Crippen LogP contribution >= 0.6 is 11.3 Å². The summed E-state index contributed by atoms with van der Waals surface area (Å²) < 4.78 is 11.6. The maximum absolute atomic E-state index is 12.7. The molecule has 5 rings (SSSR count). The van der Waals surface area contributed by atoms with Gasteiger partial charge in [-0.1, -0.05) is 18.2 Å². The number of anilines is 2. The summed E-state index contributed by atoms with van der Waals surface area (Å²) in [5, 5.41) is 7.70. The topological polar surface area (TPSA) is 79.9 Å². The van der Waals surface area contributed by atoms with E-state index >= 15 is 0 Å². The van der Waals surface area contributed by atoms with E-state index in [1.54, 1.807) is 23.5 Å². The number of rotatable bonds is 7. The largest absolute Gasteiger partial charge is 0.492 e. The average Bonchev–Trinajstić information content (AvgIpc) is 3.48. The lowest BCUT2D eigenvalue weighted by Crippen LogP contribution is -2.38. The van der Waals surface area contributed by atoms with Crippen molar-refractivity contribution in [3.05, 3.63) is 65.0 Å². The summed E-state index contributed by atoms with van der Waals surface area (Å²) >= 11 is 1.66. The molecule has 35 heavy (non-hydrogen) atoms. The highest BCUT2D eigenvalue weighted by atomic mass is 32.1. The van der Waals surface area contributed by atoms with Gasteiger partial charge in [0.2, 0.25) is 5.91 Å². The van der Waals surface area contributed by atoms with Gasteiger partial charge in [-0.15, -0.1) is 11.3 Å².